The maximum atomic E-state index is 12.8. The molecule has 2 aromatic heterocycles. The highest BCUT2D eigenvalue weighted by atomic mass is 35.5. The Morgan fingerprint density at radius 3 is 2.56 bits per heavy atom. The van der Waals surface area contributed by atoms with Crippen LogP contribution in [0.5, 0.6) is 5.75 Å². The van der Waals surface area contributed by atoms with Gasteiger partial charge < -0.3 is 9.47 Å². The van der Waals surface area contributed by atoms with Crippen molar-refractivity contribution in [2.75, 3.05) is 7.11 Å². The van der Waals surface area contributed by atoms with E-state index in [9.17, 15) is 4.79 Å². The maximum absolute atomic E-state index is 12.8. The van der Waals surface area contributed by atoms with Gasteiger partial charge in [-0.25, -0.2) is 14.3 Å². The van der Waals surface area contributed by atoms with Crippen molar-refractivity contribution in [2.45, 2.75) is 26.4 Å². The molecule has 3 aromatic rings. The standard InChI is InChI=1S/C19H19ClN2O3/c1-19(2,3)25-18(23)22-15-9-8-13(24-4)10-12(15)11-16(22)14-6-5-7-17(20)21-14/h5-11H,1-4H3. The summed E-state index contributed by atoms with van der Waals surface area (Å²) in [5.74, 6) is 0.708. The molecule has 0 amide bonds. The van der Waals surface area contributed by atoms with Crippen LogP contribution in [-0.4, -0.2) is 28.4 Å². The number of rotatable bonds is 2. The molecule has 0 spiro atoms. The molecule has 0 fully saturated rings. The number of halogens is 1. The van der Waals surface area contributed by atoms with Crippen molar-refractivity contribution in [1.82, 2.24) is 9.55 Å². The van der Waals surface area contributed by atoms with Crippen molar-refractivity contribution >= 4 is 28.6 Å². The van der Waals surface area contributed by atoms with Gasteiger partial charge in [-0.3, -0.25) is 0 Å². The zero-order valence-electron chi connectivity index (χ0n) is 14.5. The van der Waals surface area contributed by atoms with E-state index in [1.165, 1.54) is 4.57 Å². The van der Waals surface area contributed by atoms with E-state index in [1.54, 1.807) is 31.4 Å². The second-order valence-corrected chi connectivity index (χ2v) is 7.00. The number of pyridine rings is 1. The molecule has 0 aliphatic rings. The van der Waals surface area contributed by atoms with Gasteiger partial charge in [-0.05, 0) is 57.2 Å². The van der Waals surface area contributed by atoms with Crippen LogP contribution in [0.2, 0.25) is 5.15 Å². The summed E-state index contributed by atoms with van der Waals surface area (Å²) in [5, 5.41) is 1.21. The van der Waals surface area contributed by atoms with Gasteiger partial charge >= 0.3 is 6.09 Å². The number of aromatic nitrogens is 2. The number of methoxy groups -OCH3 is 1. The predicted molar refractivity (Wildman–Crippen MR) is 98.4 cm³/mol. The highest BCUT2D eigenvalue weighted by Gasteiger charge is 2.23. The Balaban J connectivity index is 2.23. The molecule has 6 heteroatoms. The summed E-state index contributed by atoms with van der Waals surface area (Å²) in [6.45, 7) is 5.49. The van der Waals surface area contributed by atoms with Crippen molar-refractivity contribution in [3.05, 3.63) is 47.6 Å². The van der Waals surface area contributed by atoms with E-state index < -0.39 is 11.7 Å². The van der Waals surface area contributed by atoms with Gasteiger partial charge in [0, 0.05) is 5.39 Å². The van der Waals surface area contributed by atoms with Gasteiger partial charge in [-0.2, -0.15) is 0 Å². The lowest BCUT2D eigenvalue weighted by molar-refractivity contribution is 0.0547. The normalized spacial score (nSPS) is 11.6. The van der Waals surface area contributed by atoms with Crippen molar-refractivity contribution in [1.29, 1.82) is 0 Å². The average Bonchev–Trinajstić information content (AvgIpc) is 2.91. The molecular formula is C19H19ClN2O3. The number of hydrogen-bond donors (Lipinski definition) is 0. The van der Waals surface area contributed by atoms with Gasteiger partial charge in [0.05, 0.1) is 24.0 Å². The average molecular weight is 359 g/mol. The molecule has 0 saturated heterocycles. The zero-order chi connectivity index (χ0) is 18.2. The Morgan fingerprint density at radius 2 is 1.92 bits per heavy atom. The van der Waals surface area contributed by atoms with E-state index >= 15 is 0 Å². The number of carbonyl (C=O) groups excluding carboxylic acids is 1. The van der Waals surface area contributed by atoms with Crippen molar-refractivity contribution in [2.24, 2.45) is 0 Å². The van der Waals surface area contributed by atoms with Gasteiger partial charge in [0.2, 0.25) is 0 Å². The predicted octanol–water partition coefficient (Wildman–Crippen LogP) is 5.15. The van der Waals surface area contributed by atoms with E-state index in [1.807, 2.05) is 39.0 Å². The quantitative estimate of drug-likeness (QED) is 0.594. The summed E-state index contributed by atoms with van der Waals surface area (Å²) in [6.07, 6.45) is -0.468. The molecule has 0 aliphatic heterocycles. The van der Waals surface area contributed by atoms with E-state index in [2.05, 4.69) is 4.98 Å². The Morgan fingerprint density at radius 1 is 1.16 bits per heavy atom. The number of carbonyl (C=O) groups is 1. The SMILES string of the molecule is COc1ccc2c(c1)cc(-c1cccc(Cl)n1)n2C(=O)OC(C)(C)C. The molecule has 130 valence electrons. The molecule has 0 aliphatic carbocycles. The van der Waals surface area contributed by atoms with Crippen LogP contribution in [-0.2, 0) is 4.74 Å². The first-order valence-electron chi connectivity index (χ1n) is 7.84. The lowest BCUT2D eigenvalue weighted by Crippen LogP contribution is -2.27. The molecule has 0 bridgehead atoms. The first-order valence-corrected chi connectivity index (χ1v) is 8.22. The molecule has 0 unspecified atom stereocenters. The Hall–Kier alpha value is -2.53. The number of hydrogen-bond acceptors (Lipinski definition) is 4. The van der Waals surface area contributed by atoms with E-state index in [-0.39, 0.29) is 0 Å². The van der Waals surface area contributed by atoms with Crippen LogP contribution in [0.25, 0.3) is 22.3 Å². The molecule has 2 heterocycles. The van der Waals surface area contributed by atoms with Crippen LogP contribution in [0.15, 0.2) is 42.5 Å². The van der Waals surface area contributed by atoms with Crippen LogP contribution in [0, 0.1) is 0 Å². The number of ether oxygens (including phenoxy) is 2. The van der Waals surface area contributed by atoms with Crippen molar-refractivity contribution in [3.63, 3.8) is 0 Å². The minimum atomic E-state index is -0.612. The molecule has 5 nitrogen and oxygen atoms in total. The summed E-state index contributed by atoms with van der Waals surface area (Å²) >= 11 is 6.02. The van der Waals surface area contributed by atoms with Gasteiger partial charge in [-0.15, -0.1) is 0 Å². The fourth-order valence-corrected chi connectivity index (χ4v) is 2.73. The number of nitrogens with zero attached hydrogens (tertiary/aromatic N) is 2. The minimum Gasteiger partial charge on any atom is -0.497 e. The fraction of sp³-hybridized carbons (Fsp3) is 0.263. The van der Waals surface area contributed by atoms with E-state index in [0.29, 0.717) is 27.8 Å². The first-order chi connectivity index (χ1) is 11.8. The van der Waals surface area contributed by atoms with Gasteiger partial charge in [-0.1, -0.05) is 17.7 Å². The Labute approximate surface area is 151 Å². The number of fused-ring (bicyclic) bond motifs is 1. The third-order valence-corrected chi connectivity index (χ3v) is 3.77. The second kappa shape index (κ2) is 6.41. The molecule has 25 heavy (non-hydrogen) atoms. The third kappa shape index (κ3) is 3.61. The molecule has 0 N–H and O–H groups in total. The van der Waals surface area contributed by atoms with Gasteiger partial charge in [0.15, 0.2) is 0 Å². The van der Waals surface area contributed by atoms with Gasteiger partial charge in [0.25, 0.3) is 0 Å². The van der Waals surface area contributed by atoms with Crippen LogP contribution < -0.4 is 4.74 Å². The van der Waals surface area contributed by atoms with Crippen LogP contribution in [0.3, 0.4) is 0 Å². The maximum Gasteiger partial charge on any atom is 0.419 e. The topological polar surface area (TPSA) is 53.4 Å². The van der Waals surface area contributed by atoms with E-state index in [0.717, 1.165) is 5.39 Å². The smallest absolute Gasteiger partial charge is 0.419 e. The molecule has 1 aromatic carbocycles. The summed E-state index contributed by atoms with van der Waals surface area (Å²) in [6, 6.07) is 12.7. The highest BCUT2D eigenvalue weighted by Crippen LogP contribution is 2.31. The molecule has 0 saturated carbocycles. The number of benzene rings is 1. The monoisotopic (exact) mass is 358 g/mol. The minimum absolute atomic E-state index is 0.357. The van der Waals surface area contributed by atoms with E-state index in [4.69, 9.17) is 21.1 Å². The molecule has 0 atom stereocenters. The second-order valence-electron chi connectivity index (χ2n) is 6.62. The van der Waals surface area contributed by atoms with Crippen LogP contribution in [0.1, 0.15) is 20.8 Å². The Kier molecular flexibility index (Phi) is 4.43. The summed E-state index contributed by atoms with van der Waals surface area (Å²) in [4.78, 5) is 17.1. The first kappa shape index (κ1) is 17.3. The molecular weight excluding hydrogens is 340 g/mol. The molecule has 0 radical (unpaired) electrons. The van der Waals surface area contributed by atoms with Crippen LogP contribution >= 0.6 is 11.6 Å². The summed E-state index contributed by atoms with van der Waals surface area (Å²) < 4.78 is 12.4. The Bertz CT molecular complexity index is 941. The summed E-state index contributed by atoms with van der Waals surface area (Å²) in [5.41, 5.74) is 1.31. The summed E-state index contributed by atoms with van der Waals surface area (Å²) in [7, 11) is 1.60. The largest absolute Gasteiger partial charge is 0.497 e. The third-order valence-electron chi connectivity index (χ3n) is 3.56. The lowest BCUT2D eigenvalue weighted by Gasteiger charge is -2.21. The molecule has 3 rings (SSSR count). The highest BCUT2D eigenvalue weighted by molar-refractivity contribution is 6.29. The fourth-order valence-electron chi connectivity index (χ4n) is 2.56. The lowest BCUT2D eigenvalue weighted by atomic mass is 10.2. The van der Waals surface area contributed by atoms with Crippen LogP contribution in [0.4, 0.5) is 4.79 Å². The van der Waals surface area contributed by atoms with Crippen molar-refractivity contribution < 1.29 is 14.3 Å². The van der Waals surface area contributed by atoms with Gasteiger partial charge in [0.1, 0.15) is 16.5 Å². The van der Waals surface area contributed by atoms with Crippen molar-refractivity contribution in [3.8, 4) is 17.1 Å². The zero-order valence-corrected chi connectivity index (χ0v) is 15.3.